The summed E-state index contributed by atoms with van der Waals surface area (Å²) in [5.74, 6) is 0. The van der Waals surface area contributed by atoms with Crippen molar-refractivity contribution in [3.63, 3.8) is 0 Å². The minimum atomic E-state index is 0.772. The van der Waals surface area contributed by atoms with E-state index in [2.05, 4.69) is 10.4 Å². The van der Waals surface area contributed by atoms with Gasteiger partial charge in [-0.25, -0.2) is 0 Å². The minimum absolute atomic E-state index is 0.772. The van der Waals surface area contributed by atoms with Gasteiger partial charge in [0, 0.05) is 7.05 Å². The monoisotopic (exact) mass is 187 g/mol. The zero-order valence-electron chi connectivity index (χ0n) is 7.47. The van der Waals surface area contributed by atoms with Gasteiger partial charge in [0.2, 0.25) is 0 Å². The highest BCUT2D eigenvalue weighted by molar-refractivity contribution is 6.31. The number of aromatic nitrogens is 2. The Morgan fingerprint density at radius 1 is 1.67 bits per heavy atom. The van der Waals surface area contributed by atoms with E-state index in [0.717, 1.165) is 30.1 Å². The number of hydrogen-bond acceptors (Lipinski definition) is 2. The molecule has 0 fully saturated rings. The van der Waals surface area contributed by atoms with Crippen LogP contribution in [-0.4, -0.2) is 23.4 Å². The van der Waals surface area contributed by atoms with Crippen LogP contribution in [0.15, 0.2) is 6.20 Å². The molecule has 68 valence electrons. The van der Waals surface area contributed by atoms with Crippen LogP contribution in [-0.2, 0) is 13.5 Å². The van der Waals surface area contributed by atoms with Crippen molar-refractivity contribution in [2.75, 3.05) is 13.6 Å². The van der Waals surface area contributed by atoms with E-state index in [1.807, 2.05) is 18.8 Å². The first-order valence-corrected chi connectivity index (χ1v) is 4.44. The second-order valence-corrected chi connectivity index (χ2v) is 3.18. The van der Waals surface area contributed by atoms with Gasteiger partial charge in [0.1, 0.15) is 0 Å². The predicted octanol–water partition coefficient (Wildman–Crippen LogP) is 1.23. The minimum Gasteiger partial charge on any atom is -0.320 e. The number of hydrogen-bond donors (Lipinski definition) is 1. The lowest BCUT2D eigenvalue weighted by molar-refractivity contribution is 0.660. The third-order valence-corrected chi connectivity index (χ3v) is 2.17. The average Bonchev–Trinajstić information content (AvgIpc) is 2.35. The van der Waals surface area contributed by atoms with Crippen LogP contribution in [0.5, 0.6) is 0 Å². The third-order valence-electron chi connectivity index (χ3n) is 1.85. The quantitative estimate of drug-likeness (QED) is 0.719. The Morgan fingerprint density at radius 3 is 2.92 bits per heavy atom. The fraction of sp³-hybridized carbons (Fsp3) is 0.625. The number of nitrogens with zero attached hydrogens (tertiary/aromatic N) is 2. The van der Waals surface area contributed by atoms with Crippen LogP contribution in [0.1, 0.15) is 12.1 Å². The number of aryl methyl sites for hydroxylation is 1. The van der Waals surface area contributed by atoms with Crippen molar-refractivity contribution in [3.05, 3.63) is 16.9 Å². The molecule has 0 atom stereocenters. The van der Waals surface area contributed by atoms with Gasteiger partial charge in [0.05, 0.1) is 16.9 Å². The normalized spacial score (nSPS) is 10.6. The van der Waals surface area contributed by atoms with E-state index < -0.39 is 0 Å². The lowest BCUT2D eigenvalue weighted by Gasteiger charge is -2.01. The summed E-state index contributed by atoms with van der Waals surface area (Å²) in [7, 11) is 3.87. The van der Waals surface area contributed by atoms with Gasteiger partial charge in [-0.1, -0.05) is 11.6 Å². The molecule has 1 rings (SSSR count). The van der Waals surface area contributed by atoms with E-state index in [4.69, 9.17) is 11.6 Å². The first-order valence-electron chi connectivity index (χ1n) is 4.06. The lowest BCUT2D eigenvalue weighted by Crippen LogP contribution is -2.09. The molecule has 3 nitrogen and oxygen atoms in total. The highest BCUT2D eigenvalue weighted by Crippen LogP contribution is 2.15. The number of halogens is 1. The van der Waals surface area contributed by atoms with Crippen LogP contribution in [0.3, 0.4) is 0 Å². The summed E-state index contributed by atoms with van der Waals surface area (Å²) in [5, 5.41) is 7.93. The van der Waals surface area contributed by atoms with E-state index in [-0.39, 0.29) is 0 Å². The lowest BCUT2D eigenvalue weighted by atomic mass is 10.2. The van der Waals surface area contributed by atoms with Crippen LogP contribution in [0.25, 0.3) is 0 Å². The summed E-state index contributed by atoms with van der Waals surface area (Å²) in [6, 6.07) is 0. The fourth-order valence-corrected chi connectivity index (χ4v) is 1.41. The molecule has 12 heavy (non-hydrogen) atoms. The summed E-state index contributed by atoms with van der Waals surface area (Å²) < 4.78 is 1.83. The predicted molar refractivity (Wildman–Crippen MR) is 50.5 cm³/mol. The molecule has 0 unspecified atom stereocenters. The average molecular weight is 188 g/mol. The zero-order chi connectivity index (χ0) is 8.97. The maximum absolute atomic E-state index is 5.92. The van der Waals surface area contributed by atoms with Gasteiger partial charge < -0.3 is 5.32 Å². The Labute approximate surface area is 77.7 Å². The molecule has 0 spiro atoms. The molecule has 1 aromatic rings. The maximum atomic E-state index is 5.92. The maximum Gasteiger partial charge on any atom is 0.0817 e. The van der Waals surface area contributed by atoms with E-state index in [9.17, 15) is 0 Å². The van der Waals surface area contributed by atoms with Crippen LogP contribution in [0.2, 0.25) is 5.02 Å². The molecule has 0 aliphatic heterocycles. The van der Waals surface area contributed by atoms with Crippen LogP contribution >= 0.6 is 11.6 Å². The molecule has 0 aliphatic carbocycles. The Hall–Kier alpha value is -0.540. The molecule has 1 N–H and O–H groups in total. The van der Waals surface area contributed by atoms with Crippen LogP contribution < -0.4 is 5.32 Å². The molecule has 0 aliphatic rings. The molecule has 0 amide bonds. The zero-order valence-corrected chi connectivity index (χ0v) is 8.23. The van der Waals surface area contributed by atoms with Gasteiger partial charge in [0.25, 0.3) is 0 Å². The third kappa shape index (κ3) is 2.22. The highest BCUT2D eigenvalue weighted by atomic mass is 35.5. The Morgan fingerprint density at radius 2 is 2.42 bits per heavy atom. The van der Waals surface area contributed by atoms with Crippen molar-refractivity contribution in [1.82, 2.24) is 15.1 Å². The highest BCUT2D eigenvalue weighted by Gasteiger charge is 2.04. The summed E-state index contributed by atoms with van der Waals surface area (Å²) in [6.07, 6.45) is 3.77. The van der Waals surface area contributed by atoms with Crippen molar-refractivity contribution >= 4 is 11.6 Å². The van der Waals surface area contributed by atoms with Gasteiger partial charge in [-0.05, 0) is 26.4 Å². The molecule has 1 heterocycles. The van der Waals surface area contributed by atoms with E-state index >= 15 is 0 Å². The summed E-state index contributed by atoms with van der Waals surface area (Å²) >= 11 is 5.92. The van der Waals surface area contributed by atoms with Gasteiger partial charge in [-0.15, -0.1) is 0 Å². The largest absolute Gasteiger partial charge is 0.320 e. The van der Waals surface area contributed by atoms with Gasteiger partial charge in [-0.2, -0.15) is 5.10 Å². The molecule has 0 saturated heterocycles. The number of rotatable bonds is 4. The standard InChI is InChI=1S/C8H14ClN3/c1-10-5-3-4-8-7(9)6-11-12(8)2/h6,10H,3-5H2,1-2H3. The van der Waals surface area contributed by atoms with E-state index in [0.29, 0.717) is 0 Å². The first kappa shape index (κ1) is 9.55. The molecular weight excluding hydrogens is 174 g/mol. The summed E-state index contributed by atoms with van der Waals surface area (Å²) in [5.41, 5.74) is 1.12. The summed E-state index contributed by atoms with van der Waals surface area (Å²) in [4.78, 5) is 0. The van der Waals surface area contributed by atoms with Gasteiger partial charge >= 0.3 is 0 Å². The van der Waals surface area contributed by atoms with Gasteiger partial charge in [0.15, 0.2) is 0 Å². The van der Waals surface area contributed by atoms with Gasteiger partial charge in [-0.3, -0.25) is 4.68 Å². The van der Waals surface area contributed by atoms with Crippen molar-refractivity contribution in [3.8, 4) is 0 Å². The SMILES string of the molecule is CNCCCc1c(Cl)cnn1C. The molecule has 0 bridgehead atoms. The molecule has 0 saturated carbocycles. The Kier molecular flexibility index (Phi) is 3.56. The molecular formula is C8H14ClN3. The molecule has 0 radical (unpaired) electrons. The van der Waals surface area contributed by atoms with Crippen molar-refractivity contribution in [2.45, 2.75) is 12.8 Å². The second kappa shape index (κ2) is 4.48. The van der Waals surface area contributed by atoms with E-state index in [1.165, 1.54) is 0 Å². The second-order valence-electron chi connectivity index (χ2n) is 2.77. The Bertz CT molecular complexity index is 225. The number of nitrogens with one attached hydrogen (secondary N) is 1. The van der Waals surface area contributed by atoms with Crippen molar-refractivity contribution in [1.29, 1.82) is 0 Å². The topological polar surface area (TPSA) is 29.9 Å². The van der Waals surface area contributed by atoms with Crippen LogP contribution in [0.4, 0.5) is 0 Å². The first-order chi connectivity index (χ1) is 5.75. The summed E-state index contributed by atoms with van der Waals surface area (Å²) in [6.45, 7) is 1.02. The van der Waals surface area contributed by atoms with Crippen LogP contribution in [0, 0.1) is 0 Å². The molecule has 0 aromatic carbocycles. The Balaban J connectivity index is 2.50. The fourth-order valence-electron chi connectivity index (χ4n) is 1.15. The smallest absolute Gasteiger partial charge is 0.0817 e. The van der Waals surface area contributed by atoms with E-state index in [1.54, 1.807) is 6.20 Å². The molecule has 1 aromatic heterocycles. The molecule has 4 heteroatoms. The van der Waals surface area contributed by atoms with Crippen molar-refractivity contribution in [2.24, 2.45) is 7.05 Å². The van der Waals surface area contributed by atoms with Crippen molar-refractivity contribution < 1.29 is 0 Å².